The van der Waals surface area contributed by atoms with Gasteiger partial charge in [0.15, 0.2) is 0 Å². The van der Waals surface area contributed by atoms with Crippen LogP contribution in [0.15, 0.2) is 47.4 Å². The zero-order valence-electron chi connectivity index (χ0n) is 11.7. The Hall–Kier alpha value is -1.23. The number of aliphatic hydroxyl groups is 1. The van der Waals surface area contributed by atoms with Crippen LogP contribution in [-0.2, 0) is 10.8 Å². The van der Waals surface area contributed by atoms with Crippen LogP contribution in [-0.4, -0.2) is 34.3 Å². The minimum absolute atomic E-state index is 0.0947. The number of rotatable bonds is 7. The number of nitrogens with one attached hydrogen (secondary N) is 1. The van der Waals surface area contributed by atoms with Gasteiger partial charge in [-0.2, -0.15) is 0 Å². The average molecular weight is 291 g/mol. The van der Waals surface area contributed by atoms with Crippen molar-refractivity contribution < 1.29 is 9.32 Å². The lowest BCUT2D eigenvalue weighted by atomic mass is 10.1. The summed E-state index contributed by atoms with van der Waals surface area (Å²) in [5.41, 5.74) is 0. The van der Waals surface area contributed by atoms with Gasteiger partial charge in [0.05, 0.1) is 10.8 Å². The highest BCUT2D eigenvalue weighted by molar-refractivity contribution is 7.85. The third-order valence-electron chi connectivity index (χ3n) is 3.31. The van der Waals surface area contributed by atoms with E-state index in [0.29, 0.717) is 12.2 Å². The topological polar surface area (TPSA) is 49.3 Å². The average Bonchev–Trinajstić information content (AvgIpc) is 2.47. The van der Waals surface area contributed by atoms with Crippen LogP contribution in [0.5, 0.6) is 0 Å². The molecule has 2 atom stereocenters. The second kappa shape index (κ2) is 7.53. The van der Waals surface area contributed by atoms with Crippen molar-refractivity contribution in [2.24, 2.45) is 0 Å². The van der Waals surface area contributed by atoms with E-state index in [4.69, 9.17) is 5.11 Å². The van der Waals surface area contributed by atoms with Gasteiger partial charge in [-0.05, 0) is 35.9 Å². The van der Waals surface area contributed by atoms with E-state index in [-0.39, 0.29) is 12.6 Å². The van der Waals surface area contributed by atoms with Crippen molar-refractivity contribution >= 4 is 21.6 Å². The fraction of sp³-hybridized carbons (Fsp3) is 0.375. The summed E-state index contributed by atoms with van der Waals surface area (Å²) in [6.07, 6.45) is 0.632. The molecule has 0 fully saturated rings. The van der Waals surface area contributed by atoms with Gasteiger partial charge in [0, 0.05) is 23.3 Å². The Bertz CT molecular complexity index is 579. The van der Waals surface area contributed by atoms with Crippen molar-refractivity contribution in [3.05, 3.63) is 42.5 Å². The van der Waals surface area contributed by atoms with Crippen LogP contribution in [0.4, 0.5) is 0 Å². The van der Waals surface area contributed by atoms with Crippen LogP contribution in [0.3, 0.4) is 0 Å². The Labute approximate surface area is 122 Å². The zero-order chi connectivity index (χ0) is 14.4. The van der Waals surface area contributed by atoms with E-state index >= 15 is 0 Å². The summed E-state index contributed by atoms with van der Waals surface area (Å²) in [4.78, 5) is 0.851. The molecule has 0 aliphatic heterocycles. The molecule has 20 heavy (non-hydrogen) atoms. The quantitative estimate of drug-likeness (QED) is 0.823. The largest absolute Gasteiger partial charge is 0.396 e. The predicted octanol–water partition coefficient (Wildman–Crippen LogP) is 2.31. The lowest BCUT2D eigenvalue weighted by Crippen LogP contribution is -2.34. The van der Waals surface area contributed by atoms with E-state index in [9.17, 15) is 4.21 Å². The Morgan fingerprint density at radius 2 is 1.95 bits per heavy atom. The second-order valence-electron chi connectivity index (χ2n) is 4.79. The highest BCUT2D eigenvalue weighted by atomic mass is 32.2. The Balaban J connectivity index is 2.13. The smallest absolute Gasteiger partial charge is 0.0545 e. The highest BCUT2D eigenvalue weighted by Gasteiger charge is 2.13. The first kappa shape index (κ1) is 15.2. The standard InChI is InChI=1S/C16H21NO2S/c1-2-17-15(9-10-18)12-20(19)16-8-7-13-5-3-4-6-14(13)11-16/h3-8,11,15,17-18H,2,9-10,12H2,1H3. The maximum absolute atomic E-state index is 12.4. The lowest BCUT2D eigenvalue weighted by molar-refractivity contribution is 0.270. The molecule has 0 amide bonds. The summed E-state index contributed by atoms with van der Waals surface area (Å²) < 4.78 is 12.4. The lowest BCUT2D eigenvalue weighted by Gasteiger charge is -2.16. The van der Waals surface area contributed by atoms with Gasteiger partial charge in [0.25, 0.3) is 0 Å². The molecular weight excluding hydrogens is 270 g/mol. The minimum Gasteiger partial charge on any atom is -0.396 e. The highest BCUT2D eigenvalue weighted by Crippen LogP contribution is 2.18. The first-order valence-corrected chi connectivity index (χ1v) is 8.28. The molecule has 0 saturated heterocycles. The molecule has 0 saturated carbocycles. The fourth-order valence-electron chi connectivity index (χ4n) is 2.28. The van der Waals surface area contributed by atoms with Crippen LogP contribution >= 0.6 is 0 Å². The van der Waals surface area contributed by atoms with Crippen molar-refractivity contribution in [1.29, 1.82) is 0 Å². The van der Waals surface area contributed by atoms with E-state index in [2.05, 4.69) is 11.4 Å². The van der Waals surface area contributed by atoms with Crippen molar-refractivity contribution in [3.8, 4) is 0 Å². The van der Waals surface area contributed by atoms with Gasteiger partial charge in [0.2, 0.25) is 0 Å². The van der Waals surface area contributed by atoms with Gasteiger partial charge >= 0.3 is 0 Å². The monoisotopic (exact) mass is 291 g/mol. The number of fused-ring (bicyclic) bond motifs is 1. The van der Waals surface area contributed by atoms with E-state index in [0.717, 1.165) is 22.2 Å². The number of benzene rings is 2. The molecule has 0 aliphatic rings. The molecule has 2 N–H and O–H groups in total. The Morgan fingerprint density at radius 3 is 2.65 bits per heavy atom. The van der Waals surface area contributed by atoms with Crippen molar-refractivity contribution in [1.82, 2.24) is 5.32 Å². The summed E-state index contributed by atoms with van der Waals surface area (Å²) in [6, 6.07) is 14.1. The molecule has 3 nitrogen and oxygen atoms in total. The van der Waals surface area contributed by atoms with Crippen molar-refractivity contribution in [2.45, 2.75) is 24.3 Å². The molecule has 0 aliphatic carbocycles. The molecule has 0 spiro atoms. The summed E-state index contributed by atoms with van der Waals surface area (Å²) >= 11 is 0. The van der Waals surface area contributed by atoms with Gasteiger partial charge in [-0.1, -0.05) is 37.3 Å². The number of aliphatic hydroxyl groups excluding tert-OH is 1. The van der Waals surface area contributed by atoms with Gasteiger partial charge in [-0.15, -0.1) is 0 Å². The molecule has 0 heterocycles. The second-order valence-corrected chi connectivity index (χ2v) is 6.28. The SMILES string of the molecule is CCNC(CCO)CS(=O)c1ccc2ccccc2c1. The maximum Gasteiger partial charge on any atom is 0.0545 e. The van der Waals surface area contributed by atoms with Crippen molar-refractivity contribution in [3.63, 3.8) is 0 Å². The normalized spacial score (nSPS) is 14.3. The van der Waals surface area contributed by atoms with Crippen LogP contribution in [0, 0.1) is 0 Å². The summed E-state index contributed by atoms with van der Waals surface area (Å²) in [7, 11) is -1.05. The summed E-state index contributed by atoms with van der Waals surface area (Å²) in [5, 5.41) is 14.6. The van der Waals surface area contributed by atoms with Crippen LogP contribution in [0.2, 0.25) is 0 Å². The van der Waals surface area contributed by atoms with Gasteiger partial charge in [-0.25, -0.2) is 0 Å². The van der Waals surface area contributed by atoms with Crippen LogP contribution < -0.4 is 5.32 Å². The Morgan fingerprint density at radius 1 is 1.20 bits per heavy atom. The Kier molecular flexibility index (Phi) is 5.71. The molecule has 4 heteroatoms. The predicted molar refractivity (Wildman–Crippen MR) is 84.4 cm³/mol. The van der Waals surface area contributed by atoms with E-state index in [1.165, 1.54) is 0 Å². The van der Waals surface area contributed by atoms with E-state index in [1.54, 1.807) is 0 Å². The first-order chi connectivity index (χ1) is 9.74. The zero-order valence-corrected chi connectivity index (χ0v) is 12.5. The molecule has 2 rings (SSSR count). The molecule has 108 valence electrons. The molecule has 0 aromatic heterocycles. The fourth-order valence-corrected chi connectivity index (χ4v) is 3.60. The molecule has 0 bridgehead atoms. The van der Waals surface area contributed by atoms with Gasteiger partial charge in [0.1, 0.15) is 0 Å². The third kappa shape index (κ3) is 3.88. The summed E-state index contributed by atoms with van der Waals surface area (Å²) in [6.45, 7) is 2.95. The van der Waals surface area contributed by atoms with Gasteiger partial charge in [-0.3, -0.25) is 4.21 Å². The summed E-state index contributed by atoms with van der Waals surface area (Å²) in [5.74, 6) is 0.534. The van der Waals surface area contributed by atoms with Crippen LogP contribution in [0.25, 0.3) is 10.8 Å². The molecule has 0 radical (unpaired) electrons. The van der Waals surface area contributed by atoms with Crippen molar-refractivity contribution in [2.75, 3.05) is 18.9 Å². The van der Waals surface area contributed by atoms with Gasteiger partial charge < -0.3 is 10.4 Å². The number of hydrogen-bond donors (Lipinski definition) is 2. The maximum atomic E-state index is 12.4. The molecular formula is C16H21NO2S. The van der Waals surface area contributed by atoms with Crippen LogP contribution in [0.1, 0.15) is 13.3 Å². The molecule has 2 aromatic rings. The minimum atomic E-state index is -1.05. The number of hydrogen-bond acceptors (Lipinski definition) is 3. The van der Waals surface area contributed by atoms with E-state index in [1.807, 2.05) is 43.3 Å². The molecule has 2 unspecified atom stereocenters. The molecule has 2 aromatic carbocycles. The third-order valence-corrected chi connectivity index (χ3v) is 4.79. The van der Waals surface area contributed by atoms with E-state index < -0.39 is 10.8 Å². The first-order valence-electron chi connectivity index (χ1n) is 6.96.